The van der Waals surface area contributed by atoms with Crippen molar-refractivity contribution in [3.8, 4) is 11.4 Å². The molecular formula is C16H17N5S. The van der Waals surface area contributed by atoms with Crippen LogP contribution in [-0.4, -0.2) is 19.9 Å². The van der Waals surface area contributed by atoms with Crippen molar-refractivity contribution < 1.29 is 0 Å². The van der Waals surface area contributed by atoms with Crippen LogP contribution in [-0.2, 0) is 13.0 Å². The third kappa shape index (κ3) is 3.12. The fourth-order valence-corrected chi connectivity index (χ4v) is 3.06. The van der Waals surface area contributed by atoms with Gasteiger partial charge in [-0.25, -0.2) is 15.0 Å². The maximum absolute atomic E-state index is 4.72. The molecule has 0 amide bonds. The molecule has 22 heavy (non-hydrogen) atoms. The zero-order valence-corrected chi connectivity index (χ0v) is 13.4. The molecule has 0 bridgehead atoms. The van der Waals surface area contributed by atoms with Gasteiger partial charge in [-0.2, -0.15) is 0 Å². The van der Waals surface area contributed by atoms with Gasteiger partial charge in [0, 0.05) is 23.5 Å². The number of hydrogen-bond acceptors (Lipinski definition) is 6. The smallest absolute Gasteiger partial charge is 0.183 e. The molecule has 3 aromatic rings. The predicted octanol–water partition coefficient (Wildman–Crippen LogP) is 3.48. The van der Waals surface area contributed by atoms with E-state index >= 15 is 0 Å². The molecule has 0 unspecified atom stereocenters. The lowest BCUT2D eigenvalue weighted by molar-refractivity contribution is 0.946. The van der Waals surface area contributed by atoms with Crippen LogP contribution in [0.1, 0.15) is 23.2 Å². The standard InChI is InChI=1S/C16H17N5S/c1-3-12-15(14-11(2)6-4-7-19-14)21-16(22-12)20-10-13-17-8-5-9-18-13/h4-9H,3,10H2,1-2H3,(H,20,21). The Hall–Kier alpha value is -2.34. The molecule has 0 aliphatic heterocycles. The Morgan fingerprint density at radius 1 is 1.05 bits per heavy atom. The molecule has 0 fully saturated rings. The summed E-state index contributed by atoms with van der Waals surface area (Å²) in [6.45, 7) is 4.77. The van der Waals surface area contributed by atoms with Crippen molar-refractivity contribution in [2.45, 2.75) is 26.8 Å². The predicted molar refractivity (Wildman–Crippen MR) is 88.8 cm³/mol. The second-order valence-electron chi connectivity index (χ2n) is 4.83. The van der Waals surface area contributed by atoms with Crippen molar-refractivity contribution in [2.24, 2.45) is 0 Å². The van der Waals surface area contributed by atoms with Crippen molar-refractivity contribution in [1.29, 1.82) is 0 Å². The van der Waals surface area contributed by atoms with E-state index in [1.165, 1.54) is 4.88 Å². The molecule has 3 rings (SSSR count). The van der Waals surface area contributed by atoms with Crippen LogP contribution in [0.5, 0.6) is 0 Å². The Kier molecular flexibility index (Phi) is 4.39. The van der Waals surface area contributed by atoms with Gasteiger partial charge in [-0.1, -0.05) is 13.0 Å². The summed E-state index contributed by atoms with van der Waals surface area (Å²) in [6, 6.07) is 5.82. The summed E-state index contributed by atoms with van der Waals surface area (Å²) < 4.78 is 0. The Balaban J connectivity index is 1.84. The maximum Gasteiger partial charge on any atom is 0.183 e. The summed E-state index contributed by atoms with van der Waals surface area (Å²) >= 11 is 1.66. The first kappa shape index (κ1) is 14.6. The number of aromatic nitrogens is 4. The van der Waals surface area contributed by atoms with Crippen LogP contribution in [0.2, 0.25) is 0 Å². The lowest BCUT2D eigenvalue weighted by atomic mass is 10.1. The van der Waals surface area contributed by atoms with Gasteiger partial charge in [0.2, 0.25) is 0 Å². The molecule has 0 aromatic carbocycles. The second kappa shape index (κ2) is 6.62. The van der Waals surface area contributed by atoms with Crippen LogP contribution in [0.4, 0.5) is 5.13 Å². The van der Waals surface area contributed by atoms with E-state index in [1.807, 2.05) is 18.3 Å². The van der Waals surface area contributed by atoms with E-state index in [9.17, 15) is 0 Å². The minimum Gasteiger partial charge on any atom is -0.354 e. The van der Waals surface area contributed by atoms with Gasteiger partial charge in [0.25, 0.3) is 0 Å². The molecule has 0 aliphatic carbocycles. The van der Waals surface area contributed by atoms with Crippen molar-refractivity contribution in [3.05, 3.63) is 53.1 Å². The third-order valence-corrected chi connectivity index (χ3v) is 4.43. The molecule has 3 heterocycles. The molecule has 0 spiro atoms. The highest BCUT2D eigenvalue weighted by Crippen LogP contribution is 2.32. The van der Waals surface area contributed by atoms with E-state index in [1.54, 1.807) is 23.7 Å². The zero-order valence-electron chi connectivity index (χ0n) is 12.6. The summed E-state index contributed by atoms with van der Waals surface area (Å²) in [5.74, 6) is 0.756. The van der Waals surface area contributed by atoms with E-state index < -0.39 is 0 Å². The number of nitrogens with zero attached hydrogens (tertiary/aromatic N) is 4. The van der Waals surface area contributed by atoms with Crippen molar-refractivity contribution in [2.75, 3.05) is 5.32 Å². The number of pyridine rings is 1. The Bertz CT molecular complexity index is 754. The van der Waals surface area contributed by atoms with E-state index in [-0.39, 0.29) is 0 Å². The third-order valence-electron chi connectivity index (χ3n) is 3.27. The van der Waals surface area contributed by atoms with Crippen LogP contribution in [0.3, 0.4) is 0 Å². The average molecular weight is 311 g/mol. The number of rotatable bonds is 5. The number of nitrogens with one attached hydrogen (secondary N) is 1. The molecule has 0 atom stereocenters. The van der Waals surface area contributed by atoms with Gasteiger partial charge < -0.3 is 5.32 Å². The van der Waals surface area contributed by atoms with Crippen LogP contribution >= 0.6 is 11.3 Å². The minimum atomic E-state index is 0.568. The normalized spacial score (nSPS) is 10.6. The summed E-state index contributed by atoms with van der Waals surface area (Å²) in [5, 5.41) is 4.18. The van der Waals surface area contributed by atoms with E-state index in [0.29, 0.717) is 6.54 Å². The quantitative estimate of drug-likeness (QED) is 0.781. The molecule has 6 heteroatoms. The Morgan fingerprint density at radius 3 is 2.55 bits per heavy atom. The SMILES string of the molecule is CCc1sc(NCc2ncccn2)nc1-c1ncccc1C. The van der Waals surface area contributed by atoms with Crippen molar-refractivity contribution in [1.82, 2.24) is 19.9 Å². The van der Waals surface area contributed by atoms with Gasteiger partial charge in [0.05, 0.1) is 12.2 Å². The van der Waals surface area contributed by atoms with Crippen molar-refractivity contribution >= 4 is 16.5 Å². The number of hydrogen-bond donors (Lipinski definition) is 1. The lowest BCUT2D eigenvalue weighted by Crippen LogP contribution is -2.03. The van der Waals surface area contributed by atoms with Crippen LogP contribution in [0.25, 0.3) is 11.4 Å². The topological polar surface area (TPSA) is 63.6 Å². The number of aryl methyl sites for hydroxylation is 2. The fourth-order valence-electron chi connectivity index (χ4n) is 2.16. The van der Waals surface area contributed by atoms with Gasteiger partial charge in [-0.05, 0) is 31.0 Å². The highest BCUT2D eigenvalue weighted by Gasteiger charge is 2.14. The Morgan fingerprint density at radius 2 is 1.82 bits per heavy atom. The second-order valence-corrected chi connectivity index (χ2v) is 5.92. The average Bonchev–Trinajstić information content (AvgIpc) is 2.97. The summed E-state index contributed by atoms with van der Waals surface area (Å²) in [7, 11) is 0. The highest BCUT2D eigenvalue weighted by molar-refractivity contribution is 7.16. The first-order valence-electron chi connectivity index (χ1n) is 7.19. The molecule has 3 aromatic heterocycles. The van der Waals surface area contributed by atoms with E-state index in [4.69, 9.17) is 4.98 Å². The summed E-state index contributed by atoms with van der Waals surface area (Å²) in [6.07, 6.45) is 6.23. The van der Waals surface area contributed by atoms with Crippen LogP contribution < -0.4 is 5.32 Å². The Labute approximate surface area is 133 Å². The molecule has 0 aliphatic rings. The van der Waals surface area contributed by atoms with E-state index in [2.05, 4.69) is 40.2 Å². The number of anilines is 1. The molecule has 5 nitrogen and oxygen atoms in total. The van der Waals surface area contributed by atoms with Gasteiger partial charge >= 0.3 is 0 Å². The monoisotopic (exact) mass is 311 g/mol. The molecule has 0 radical (unpaired) electrons. The zero-order chi connectivity index (χ0) is 15.4. The van der Waals surface area contributed by atoms with Crippen LogP contribution in [0.15, 0.2) is 36.8 Å². The molecular weight excluding hydrogens is 294 g/mol. The molecule has 0 saturated heterocycles. The summed E-state index contributed by atoms with van der Waals surface area (Å²) in [5.41, 5.74) is 3.07. The van der Waals surface area contributed by atoms with Crippen LogP contribution in [0, 0.1) is 6.92 Å². The molecule has 1 N–H and O–H groups in total. The van der Waals surface area contributed by atoms with Crippen molar-refractivity contribution in [3.63, 3.8) is 0 Å². The largest absolute Gasteiger partial charge is 0.354 e. The maximum atomic E-state index is 4.72. The summed E-state index contributed by atoms with van der Waals surface area (Å²) in [4.78, 5) is 18.8. The minimum absolute atomic E-state index is 0.568. The molecule has 0 saturated carbocycles. The van der Waals surface area contributed by atoms with Gasteiger partial charge in [-0.15, -0.1) is 11.3 Å². The first-order chi connectivity index (χ1) is 10.8. The first-order valence-corrected chi connectivity index (χ1v) is 8.01. The fraction of sp³-hybridized carbons (Fsp3) is 0.250. The van der Waals surface area contributed by atoms with Gasteiger partial charge in [0.1, 0.15) is 11.5 Å². The lowest BCUT2D eigenvalue weighted by Gasteiger charge is -2.02. The van der Waals surface area contributed by atoms with Gasteiger partial charge in [0.15, 0.2) is 5.13 Å². The molecule has 112 valence electrons. The van der Waals surface area contributed by atoms with Gasteiger partial charge in [-0.3, -0.25) is 4.98 Å². The highest BCUT2D eigenvalue weighted by atomic mass is 32.1. The van der Waals surface area contributed by atoms with E-state index in [0.717, 1.165) is 34.3 Å². The number of thiazole rings is 1.